The molecule has 0 aromatic carbocycles. The fraction of sp³-hybridized carbons (Fsp3) is 0.333. The minimum atomic E-state index is -2.42. The van der Waals surface area contributed by atoms with E-state index in [1.807, 2.05) is 0 Å². The first-order chi connectivity index (χ1) is 4.65. The predicted molar refractivity (Wildman–Crippen MR) is 33.7 cm³/mol. The van der Waals surface area contributed by atoms with Gasteiger partial charge >= 0.3 is 5.97 Å². The van der Waals surface area contributed by atoms with Crippen LogP contribution >= 0.6 is 0 Å². The van der Waals surface area contributed by atoms with Crippen molar-refractivity contribution in [1.82, 2.24) is 0 Å². The Morgan fingerprint density at radius 2 is 2.50 bits per heavy atom. The number of nitrogens with zero attached hydrogens (tertiary/aromatic N) is 1. The van der Waals surface area contributed by atoms with Crippen LogP contribution in [0.1, 0.15) is 6.42 Å². The van der Waals surface area contributed by atoms with E-state index in [9.17, 15) is 9.18 Å². The zero-order valence-corrected chi connectivity index (χ0v) is 5.12. The van der Waals surface area contributed by atoms with Crippen LogP contribution in [0.15, 0.2) is 17.1 Å². The molecule has 1 atom stereocenters. The van der Waals surface area contributed by atoms with E-state index in [2.05, 4.69) is 4.99 Å². The van der Waals surface area contributed by atoms with Gasteiger partial charge in [0.25, 0.3) is 5.79 Å². The second kappa shape index (κ2) is 2.21. The van der Waals surface area contributed by atoms with Gasteiger partial charge in [-0.2, -0.15) is 0 Å². The first-order valence-electron chi connectivity index (χ1n) is 2.78. The number of alkyl halides is 1. The third-order valence-electron chi connectivity index (χ3n) is 1.22. The van der Waals surface area contributed by atoms with Crippen LogP contribution in [-0.2, 0) is 4.79 Å². The molecule has 0 aliphatic carbocycles. The second-order valence-corrected chi connectivity index (χ2v) is 1.97. The Kier molecular flexibility index (Phi) is 1.53. The molecule has 0 amide bonds. The lowest BCUT2D eigenvalue weighted by molar-refractivity contribution is -0.150. The van der Waals surface area contributed by atoms with Crippen LogP contribution in [0.4, 0.5) is 4.39 Å². The number of aliphatic imine (C=N–C) groups is 1. The quantitative estimate of drug-likeness (QED) is 0.551. The molecule has 1 aliphatic heterocycles. The molecule has 0 fully saturated rings. The minimum Gasteiger partial charge on any atom is -0.477 e. The summed E-state index contributed by atoms with van der Waals surface area (Å²) in [5.41, 5.74) is 0. The van der Waals surface area contributed by atoms with Crippen molar-refractivity contribution < 1.29 is 14.3 Å². The summed E-state index contributed by atoms with van der Waals surface area (Å²) in [6.45, 7) is 0. The molecule has 1 unspecified atom stereocenters. The average molecular weight is 143 g/mol. The maximum absolute atomic E-state index is 12.8. The van der Waals surface area contributed by atoms with Gasteiger partial charge in [-0.1, -0.05) is 6.08 Å². The number of carboxylic acid groups (broad SMARTS) is 1. The Morgan fingerprint density at radius 1 is 1.80 bits per heavy atom. The number of aliphatic carboxylic acids is 1. The number of hydrogen-bond acceptors (Lipinski definition) is 2. The van der Waals surface area contributed by atoms with Crippen molar-refractivity contribution in [3.05, 3.63) is 12.2 Å². The van der Waals surface area contributed by atoms with Crippen molar-refractivity contribution in [3.8, 4) is 0 Å². The zero-order valence-electron chi connectivity index (χ0n) is 5.12. The topological polar surface area (TPSA) is 49.7 Å². The molecule has 10 heavy (non-hydrogen) atoms. The molecule has 0 saturated carbocycles. The van der Waals surface area contributed by atoms with Gasteiger partial charge in [-0.15, -0.1) is 0 Å². The lowest BCUT2D eigenvalue weighted by Gasteiger charge is -2.14. The van der Waals surface area contributed by atoms with Crippen LogP contribution in [0.2, 0.25) is 0 Å². The van der Waals surface area contributed by atoms with Gasteiger partial charge < -0.3 is 5.11 Å². The van der Waals surface area contributed by atoms with Gasteiger partial charge in [-0.3, -0.25) is 0 Å². The lowest BCUT2D eigenvalue weighted by Crippen LogP contribution is -2.31. The molecule has 3 nitrogen and oxygen atoms in total. The fourth-order valence-electron chi connectivity index (χ4n) is 0.641. The molecule has 0 aromatic rings. The van der Waals surface area contributed by atoms with Crippen LogP contribution in [0.25, 0.3) is 0 Å². The standard InChI is InChI=1S/C6H6FNO2/c7-6(5(9)10)3-1-2-4-8-6/h1-2,4H,3H2,(H,9,10). The highest BCUT2D eigenvalue weighted by Gasteiger charge is 2.37. The molecular weight excluding hydrogens is 137 g/mol. The molecule has 0 spiro atoms. The van der Waals surface area contributed by atoms with E-state index in [0.717, 1.165) is 6.21 Å². The van der Waals surface area contributed by atoms with Gasteiger partial charge in [-0.05, 0) is 6.08 Å². The van der Waals surface area contributed by atoms with Gasteiger partial charge in [0.05, 0.1) is 0 Å². The number of hydrogen-bond donors (Lipinski definition) is 1. The van der Waals surface area contributed by atoms with Gasteiger partial charge in [0.1, 0.15) is 0 Å². The first kappa shape index (κ1) is 6.92. The third kappa shape index (κ3) is 1.05. The average Bonchev–Trinajstić information content (AvgIpc) is 1.89. The van der Waals surface area contributed by atoms with E-state index in [4.69, 9.17) is 5.11 Å². The Bertz CT molecular complexity index is 212. The number of rotatable bonds is 1. The molecular formula is C6H6FNO2. The highest BCUT2D eigenvalue weighted by molar-refractivity contribution is 5.83. The van der Waals surface area contributed by atoms with Gasteiger partial charge in [-0.25, -0.2) is 14.2 Å². The Labute approximate surface area is 56.9 Å². The maximum atomic E-state index is 12.8. The van der Waals surface area contributed by atoms with Crippen molar-refractivity contribution in [1.29, 1.82) is 0 Å². The van der Waals surface area contributed by atoms with Crippen molar-refractivity contribution >= 4 is 12.2 Å². The van der Waals surface area contributed by atoms with Gasteiger partial charge in [0.15, 0.2) is 0 Å². The fourth-order valence-corrected chi connectivity index (χ4v) is 0.641. The first-order valence-corrected chi connectivity index (χ1v) is 2.78. The normalized spacial score (nSPS) is 30.5. The molecule has 1 aliphatic rings. The Morgan fingerprint density at radius 3 is 2.80 bits per heavy atom. The summed E-state index contributed by atoms with van der Waals surface area (Å²) in [6.07, 6.45) is 3.92. The molecule has 0 bridgehead atoms. The van der Waals surface area contributed by atoms with Crippen molar-refractivity contribution in [3.63, 3.8) is 0 Å². The Hall–Kier alpha value is -1.19. The highest BCUT2D eigenvalue weighted by atomic mass is 19.1. The largest absolute Gasteiger partial charge is 0.477 e. The van der Waals surface area contributed by atoms with Crippen LogP contribution < -0.4 is 0 Å². The van der Waals surface area contributed by atoms with Crippen LogP contribution in [-0.4, -0.2) is 23.1 Å². The molecule has 1 rings (SSSR count). The van der Waals surface area contributed by atoms with Gasteiger partial charge in [0.2, 0.25) is 0 Å². The summed E-state index contributed by atoms with van der Waals surface area (Å²) >= 11 is 0. The van der Waals surface area contributed by atoms with Gasteiger partial charge in [0, 0.05) is 12.6 Å². The SMILES string of the molecule is O=C(O)C1(F)CC=CC=N1. The highest BCUT2D eigenvalue weighted by Crippen LogP contribution is 2.20. The number of carboxylic acids is 1. The minimum absolute atomic E-state index is 0.182. The number of allylic oxidation sites excluding steroid dienone is 1. The third-order valence-corrected chi connectivity index (χ3v) is 1.22. The van der Waals surface area contributed by atoms with E-state index in [0.29, 0.717) is 0 Å². The van der Waals surface area contributed by atoms with Crippen LogP contribution in [0, 0.1) is 0 Å². The molecule has 4 heteroatoms. The molecule has 1 N–H and O–H groups in total. The second-order valence-electron chi connectivity index (χ2n) is 1.97. The summed E-state index contributed by atoms with van der Waals surface area (Å²) in [5, 5.41) is 8.27. The number of carbonyl (C=O) groups is 1. The maximum Gasteiger partial charge on any atom is 0.364 e. The molecule has 54 valence electrons. The van der Waals surface area contributed by atoms with Crippen LogP contribution in [0.5, 0.6) is 0 Å². The van der Waals surface area contributed by atoms with E-state index >= 15 is 0 Å². The number of dihydropyridines is 1. The number of halogens is 1. The van der Waals surface area contributed by atoms with Crippen molar-refractivity contribution in [2.75, 3.05) is 0 Å². The lowest BCUT2D eigenvalue weighted by atomic mass is 10.1. The molecule has 0 saturated heterocycles. The van der Waals surface area contributed by atoms with E-state index in [-0.39, 0.29) is 6.42 Å². The zero-order chi connectivity index (χ0) is 7.61. The molecule has 0 aromatic heterocycles. The summed E-state index contributed by atoms with van der Waals surface area (Å²) < 4.78 is 12.8. The van der Waals surface area contributed by atoms with Crippen molar-refractivity contribution in [2.45, 2.75) is 12.2 Å². The Balaban J connectivity index is 2.80. The molecule has 0 radical (unpaired) electrons. The summed E-state index contributed by atoms with van der Waals surface area (Å²) in [5.74, 6) is -3.96. The summed E-state index contributed by atoms with van der Waals surface area (Å²) in [6, 6.07) is 0. The van der Waals surface area contributed by atoms with E-state index in [1.54, 1.807) is 0 Å². The smallest absolute Gasteiger partial charge is 0.364 e. The molecule has 1 heterocycles. The monoisotopic (exact) mass is 143 g/mol. The van der Waals surface area contributed by atoms with E-state index in [1.165, 1.54) is 12.2 Å². The van der Waals surface area contributed by atoms with Crippen molar-refractivity contribution in [2.24, 2.45) is 4.99 Å². The summed E-state index contributed by atoms with van der Waals surface area (Å²) in [4.78, 5) is 13.3. The predicted octanol–water partition coefficient (Wildman–Crippen LogP) is 0.767. The van der Waals surface area contributed by atoms with Crippen LogP contribution in [0.3, 0.4) is 0 Å². The van der Waals surface area contributed by atoms with E-state index < -0.39 is 11.8 Å². The summed E-state index contributed by atoms with van der Waals surface area (Å²) in [7, 11) is 0.